The van der Waals surface area contributed by atoms with E-state index < -0.39 is 90.2 Å². The summed E-state index contributed by atoms with van der Waals surface area (Å²) in [7, 11) is 0. The van der Waals surface area contributed by atoms with Gasteiger partial charge in [-0.1, -0.05) is 31.5 Å². The zero-order chi connectivity index (χ0) is 41.4. The van der Waals surface area contributed by atoms with Gasteiger partial charge in [0.1, 0.15) is 25.1 Å². The number of aliphatic hydroxyl groups is 2. The standard InChI is InChI=1S/C23H22ClF2N5O6.C10H13F2N3O4/c1-13(2)17(32)36-19-22(3,25)20(30-8-7-16(29-21(30)34)31-12-27-11-28-31)37-23(19,26)10-35-18(33)14-5-4-6-15(24)9-14;1-9(11)6(17)10(12,4-16)19-7(9)15-3-2-5(13)14-8(15)18/h4-9,11-13,19-20H,10H2,1-3H3;2-3,6-7,16-17H,4H2,1H3,(H2,13,14,18)/t19-,20+,22+,23+;6-,7+,9+,10+/m00/s1. The maximum Gasteiger partial charge on any atom is 0.351 e. The summed E-state index contributed by atoms with van der Waals surface area (Å²) in [5, 5.41) is 22.5. The molecule has 3 aromatic heterocycles. The monoisotopic (exact) mass is 814 g/mol. The van der Waals surface area contributed by atoms with Gasteiger partial charge in [0.05, 0.1) is 11.5 Å². The molecule has 2 aliphatic heterocycles. The summed E-state index contributed by atoms with van der Waals surface area (Å²) in [5.74, 6) is -8.80. The highest BCUT2D eigenvalue weighted by molar-refractivity contribution is 6.30. The van der Waals surface area contributed by atoms with Crippen LogP contribution in [0.4, 0.5) is 23.4 Å². The molecule has 5 heterocycles. The van der Waals surface area contributed by atoms with Gasteiger partial charge in [-0.15, -0.1) is 0 Å². The number of carbonyl (C=O) groups is 2. The van der Waals surface area contributed by atoms with E-state index in [0.717, 1.165) is 26.2 Å². The Morgan fingerprint density at radius 1 is 0.982 bits per heavy atom. The molecule has 8 atom stereocenters. The van der Waals surface area contributed by atoms with E-state index in [2.05, 4.69) is 24.8 Å². The molecule has 0 radical (unpaired) electrons. The van der Waals surface area contributed by atoms with E-state index in [-0.39, 0.29) is 22.2 Å². The first-order chi connectivity index (χ1) is 26.1. The van der Waals surface area contributed by atoms with Crippen molar-refractivity contribution in [1.82, 2.24) is 33.9 Å². The number of rotatable bonds is 9. The highest BCUT2D eigenvalue weighted by atomic mass is 35.5. The van der Waals surface area contributed by atoms with Crippen LogP contribution in [0, 0.1) is 5.92 Å². The topological polar surface area (TPSA) is 238 Å². The quantitative estimate of drug-likeness (QED) is 0.162. The number of esters is 2. The molecule has 0 unspecified atom stereocenters. The Balaban J connectivity index is 0.000000265. The molecule has 302 valence electrons. The third kappa shape index (κ3) is 8.14. The molecule has 4 aromatic rings. The van der Waals surface area contributed by atoms with Gasteiger partial charge in [-0.05, 0) is 44.2 Å². The third-order valence-corrected chi connectivity index (χ3v) is 8.87. The molecule has 2 fully saturated rings. The molecule has 2 saturated heterocycles. The Hall–Kier alpha value is -5.29. The predicted molar refractivity (Wildman–Crippen MR) is 183 cm³/mol. The number of aliphatic hydroxyl groups excluding tert-OH is 2. The Kier molecular flexibility index (Phi) is 11.7. The van der Waals surface area contributed by atoms with Gasteiger partial charge in [0.2, 0.25) is 6.10 Å². The van der Waals surface area contributed by atoms with E-state index in [0.29, 0.717) is 9.13 Å². The van der Waals surface area contributed by atoms with Crippen molar-refractivity contribution in [3.05, 3.63) is 93.0 Å². The minimum Gasteiger partial charge on any atom is -0.456 e. The van der Waals surface area contributed by atoms with Crippen LogP contribution >= 0.6 is 11.6 Å². The zero-order valence-corrected chi connectivity index (χ0v) is 30.6. The Morgan fingerprint density at radius 2 is 1.61 bits per heavy atom. The molecule has 56 heavy (non-hydrogen) atoms. The number of benzene rings is 1. The van der Waals surface area contributed by atoms with E-state index in [1.807, 2.05) is 0 Å². The minimum absolute atomic E-state index is 0.00787. The van der Waals surface area contributed by atoms with Crippen LogP contribution < -0.4 is 17.1 Å². The number of nitrogens with two attached hydrogens (primary N) is 1. The summed E-state index contributed by atoms with van der Waals surface area (Å²) in [6.45, 7) is 2.32. The van der Waals surface area contributed by atoms with Crippen molar-refractivity contribution in [2.24, 2.45) is 5.92 Å². The van der Waals surface area contributed by atoms with Gasteiger partial charge in [-0.25, -0.2) is 41.6 Å². The number of hydrogen-bond acceptors (Lipinski definition) is 15. The fraction of sp³-hybridized carbons (Fsp3) is 0.455. The largest absolute Gasteiger partial charge is 0.456 e. The van der Waals surface area contributed by atoms with Crippen LogP contribution in [-0.4, -0.2) is 104 Å². The van der Waals surface area contributed by atoms with Crippen LogP contribution in [0.3, 0.4) is 0 Å². The molecule has 23 heteroatoms. The van der Waals surface area contributed by atoms with Crippen LogP contribution in [0.2, 0.25) is 5.02 Å². The lowest BCUT2D eigenvalue weighted by atomic mass is 9.96. The SMILES string of the molecule is CC(C)C(=O)O[C@H]1[C@@](C)(F)[C@H](n2ccc(-n3cncn3)nc2=O)O[C@]1(F)COC(=O)c1cccc(Cl)c1.C[C@]1(F)[C@H](n2ccc(N)nc2=O)O[C@](F)(CO)[C@H]1O. The van der Waals surface area contributed by atoms with Crippen LogP contribution in [0.25, 0.3) is 5.82 Å². The molecular weight excluding hydrogens is 780 g/mol. The number of nitrogens with zero attached hydrogens (tertiary/aromatic N) is 7. The zero-order valence-electron chi connectivity index (χ0n) is 29.8. The highest BCUT2D eigenvalue weighted by Crippen LogP contribution is 2.49. The summed E-state index contributed by atoms with van der Waals surface area (Å²) >= 11 is 5.88. The lowest BCUT2D eigenvalue weighted by molar-refractivity contribution is -0.219. The summed E-state index contributed by atoms with van der Waals surface area (Å²) in [5.41, 5.74) is -2.09. The third-order valence-electron chi connectivity index (χ3n) is 8.63. The number of nitrogen functional groups attached to an aromatic ring is 1. The minimum atomic E-state index is -3.16. The molecule has 2 aliphatic rings. The van der Waals surface area contributed by atoms with Crippen LogP contribution in [0.5, 0.6) is 0 Å². The molecule has 0 bridgehead atoms. The molecule has 6 rings (SSSR count). The Bertz CT molecular complexity index is 2190. The van der Waals surface area contributed by atoms with Crippen LogP contribution in [0.1, 0.15) is 50.5 Å². The average Bonchev–Trinajstić information content (AvgIpc) is 3.79. The van der Waals surface area contributed by atoms with E-state index >= 15 is 8.78 Å². The number of anilines is 1. The number of alkyl halides is 4. The summed E-state index contributed by atoms with van der Waals surface area (Å²) in [6.07, 6.45) is -3.43. The van der Waals surface area contributed by atoms with Crippen molar-refractivity contribution in [1.29, 1.82) is 0 Å². The van der Waals surface area contributed by atoms with Gasteiger partial charge in [0, 0.05) is 17.4 Å². The van der Waals surface area contributed by atoms with Gasteiger partial charge in [0.25, 0.3) is 11.7 Å². The van der Waals surface area contributed by atoms with Crippen molar-refractivity contribution >= 4 is 29.4 Å². The van der Waals surface area contributed by atoms with E-state index in [1.165, 1.54) is 67.6 Å². The normalized spacial score (nSPS) is 29.8. The summed E-state index contributed by atoms with van der Waals surface area (Å²) < 4.78 is 83.5. The second-order valence-electron chi connectivity index (χ2n) is 13.3. The first-order valence-corrected chi connectivity index (χ1v) is 16.8. The second-order valence-corrected chi connectivity index (χ2v) is 13.7. The van der Waals surface area contributed by atoms with E-state index in [4.69, 9.17) is 36.7 Å². The molecule has 0 aliphatic carbocycles. The number of aromatic nitrogens is 7. The lowest BCUT2D eigenvalue weighted by Gasteiger charge is -2.29. The summed E-state index contributed by atoms with van der Waals surface area (Å²) in [4.78, 5) is 60.0. The predicted octanol–water partition coefficient (Wildman–Crippen LogP) is 1.93. The Morgan fingerprint density at radius 3 is 2.16 bits per heavy atom. The molecule has 18 nitrogen and oxygen atoms in total. The first kappa shape index (κ1) is 41.9. The lowest BCUT2D eigenvalue weighted by Crippen LogP contribution is -2.50. The molecule has 1 aromatic carbocycles. The van der Waals surface area contributed by atoms with Gasteiger partial charge < -0.3 is 34.9 Å². The fourth-order valence-electron chi connectivity index (χ4n) is 5.69. The molecule has 0 amide bonds. The van der Waals surface area contributed by atoms with Crippen molar-refractivity contribution in [2.45, 2.75) is 75.4 Å². The van der Waals surface area contributed by atoms with Gasteiger partial charge >= 0.3 is 23.3 Å². The van der Waals surface area contributed by atoms with E-state index in [1.54, 1.807) is 0 Å². The van der Waals surface area contributed by atoms with Gasteiger partial charge in [-0.2, -0.15) is 15.1 Å². The van der Waals surface area contributed by atoms with Gasteiger partial charge in [0.15, 0.2) is 42.3 Å². The molecule has 4 N–H and O–H groups in total. The van der Waals surface area contributed by atoms with Crippen molar-refractivity contribution in [3.63, 3.8) is 0 Å². The van der Waals surface area contributed by atoms with Gasteiger partial charge in [-0.3, -0.25) is 13.9 Å². The fourth-order valence-corrected chi connectivity index (χ4v) is 5.88. The second kappa shape index (κ2) is 15.7. The summed E-state index contributed by atoms with van der Waals surface area (Å²) in [6, 6.07) is 8.20. The van der Waals surface area contributed by atoms with Crippen molar-refractivity contribution in [2.75, 3.05) is 18.9 Å². The average molecular weight is 815 g/mol. The molecule has 0 saturated carbocycles. The van der Waals surface area contributed by atoms with Crippen molar-refractivity contribution < 1.29 is 56.3 Å². The van der Waals surface area contributed by atoms with Crippen molar-refractivity contribution in [3.8, 4) is 5.82 Å². The number of halogens is 5. The smallest absolute Gasteiger partial charge is 0.351 e. The number of ether oxygens (including phenoxy) is 4. The van der Waals surface area contributed by atoms with E-state index in [9.17, 15) is 33.1 Å². The first-order valence-electron chi connectivity index (χ1n) is 16.5. The molecule has 0 spiro atoms. The molecular formula is C33H35ClF4N8O10. The maximum atomic E-state index is 16.2. The van der Waals surface area contributed by atoms with Crippen LogP contribution in [0.15, 0.2) is 71.0 Å². The Labute approximate surface area is 318 Å². The maximum absolute atomic E-state index is 16.2. The van der Waals surface area contributed by atoms with Crippen LogP contribution in [-0.2, 0) is 23.7 Å². The number of hydrogen-bond donors (Lipinski definition) is 3. The highest BCUT2D eigenvalue weighted by Gasteiger charge is 2.68. The number of carbonyl (C=O) groups excluding carboxylic acids is 2.